The molecule has 1 aromatic carbocycles. The van der Waals surface area contributed by atoms with Crippen molar-refractivity contribution in [2.24, 2.45) is 10.4 Å². The number of aliphatic hydroxyl groups excluding tert-OH is 2. The fourth-order valence-corrected chi connectivity index (χ4v) is 2.55. The number of hydrogen-bond acceptors (Lipinski definition) is 5. The van der Waals surface area contributed by atoms with Gasteiger partial charge < -0.3 is 20.8 Å². The second-order valence-corrected chi connectivity index (χ2v) is 7.37. The molecule has 2 amide bonds. The Morgan fingerprint density at radius 2 is 1.78 bits per heavy atom. The van der Waals surface area contributed by atoms with E-state index in [4.69, 9.17) is 10.2 Å². The van der Waals surface area contributed by atoms with Gasteiger partial charge in [0.25, 0.3) is 5.91 Å². The summed E-state index contributed by atoms with van der Waals surface area (Å²) in [5.41, 5.74) is 0.443. The number of benzene rings is 1. The van der Waals surface area contributed by atoms with Gasteiger partial charge in [-0.25, -0.2) is 4.39 Å². The largest absolute Gasteiger partial charge is 0.394 e. The third kappa shape index (κ3) is 6.11. The van der Waals surface area contributed by atoms with Gasteiger partial charge in [0.05, 0.1) is 19.3 Å². The highest BCUT2D eigenvalue weighted by atomic mass is 19.1. The van der Waals surface area contributed by atoms with E-state index in [2.05, 4.69) is 15.6 Å². The Morgan fingerprint density at radius 1 is 1.19 bits per heavy atom. The van der Waals surface area contributed by atoms with Crippen LogP contribution in [-0.4, -0.2) is 60.1 Å². The highest BCUT2D eigenvalue weighted by Crippen LogP contribution is 2.20. The maximum absolute atomic E-state index is 13.3. The van der Waals surface area contributed by atoms with Crippen LogP contribution in [0.4, 0.5) is 4.39 Å². The molecule has 7 nitrogen and oxygen atoms in total. The molecule has 0 spiro atoms. The molecule has 4 N–H and O–H groups in total. The average molecular weight is 381 g/mol. The van der Waals surface area contributed by atoms with Gasteiger partial charge in [-0.2, -0.15) is 0 Å². The van der Waals surface area contributed by atoms with E-state index in [1.807, 2.05) is 0 Å². The van der Waals surface area contributed by atoms with Gasteiger partial charge in [-0.3, -0.25) is 14.6 Å². The third-order valence-corrected chi connectivity index (χ3v) is 4.07. The van der Waals surface area contributed by atoms with Crippen LogP contribution in [0.1, 0.15) is 31.9 Å². The Morgan fingerprint density at radius 3 is 2.22 bits per heavy atom. The van der Waals surface area contributed by atoms with Crippen molar-refractivity contribution in [2.45, 2.75) is 39.8 Å². The molecule has 1 unspecified atom stereocenters. The summed E-state index contributed by atoms with van der Waals surface area (Å²) in [6.07, 6.45) is 0. The number of carbonyl (C=O) groups excluding carboxylic acids is 2. The first-order chi connectivity index (χ1) is 12.5. The SMILES string of the molecule is CN=C(C(=O)NC(C(=O)NC(CO)CO)C(C)(C)C)c1ccc(F)cc1C. The van der Waals surface area contributed by atoms with Crippen molar-refractivity contribution < 1.29 is 24.2 Å². The second kappa shape index (κ2) is 9.57. The molecule has 1 rings (SSSR count). The van der Waals surface area contributed by atoms with E-state index in [1.54, 1.807) is 27.7 Å². The highest BCUT2D eigenvalue weighted by molar-refractivity contribution is 6.45. The molecule has 0 aliphatic carbocycles. The quantitative estimate of drug-likeness (QED) is 0.517. The molecule has 0 saturated carbocycles. The maximum Gasteiger partial charge on any atom is 0.270 e. The normalized spacial score (nSPS) is 13.4. The van der Waals surface area contributed by atoms with Gasteiger partial charge in [-0.15, -0.1) is 0 Å². The summed E-state index contributed by atoms with van der Waals surface area (Å²) in [5.74, 6) is -1.53. The van der Waals surface area contributed by atoms with Gasteiger partial charge in [-0.05, 0) is 36.1 Å². The summed E-state index contributed by atoms with van der Waals surface area (Å²) >= 11 is 0. The summed E-state index contributed by atoms with van der Waals surface area (Å²) in [4.78, 5) is 29.4. The minimum Gasteiger partial charge on any atom is -0.394 e. The van der Waals surface area contributed by atoms with E-state index in [0.29, 0.717) is 11.1 Å². The van der Waals surface area contributed by atoms with Crippen LogP contribution in [0.25, 0.3) is 0 Å². The first-order valence-electron chi connectivity index (χ1n) is 8.61. The lowest BCUT2D eigenvalue weighted by Crippen LogP contribution is -2.57. The van der Waals surface area contributed by atoms with Crippen molar-refractivity contribution in [1.82, 2.24) is 10.6 Å². The van der Waals surface area contributed by atoms with Crippen molar-refractivity contribution in [1.29, 1.82) is 0 Å². The number of rotatable bonds is 7. The minimum absolute atomic E-state index is 0.0791. The van der Waals surface area contributed by atoms with Crippen LogP contribution >= 0.6 is 0 Å². The molecular weight excluding hydrogens is 353 g/mol. The molecule has 1 atom stereocenters. The van der Waals surface area contributed by atoms with Gasteiger partial charge in [0.15, 0.2) is 0 Å². The Labute approximate surface area is 158 Å². The van der Waals surface area contributed by atoms with Crippen molar-refractivity contribution in [2.75, 3.05) is 20.3 Å². The van der Waals surface area contributed by atoms with Crippen molar-refractivity contribution >= 4 is 17.5 Å². The molecule has 1 aromatic rings. The molecule has 0 heterocycles. The van der Waals surface area contributed by atoms with Gasteiger partial charge >= 0.3 is 0 Å². The van der Waals surface area contributed by atoms with Crippen LogP contribution in [0, 0.1) is 18.2 Å². The smallest absolute Gasteiger partial charge is 0.270 e. The van der Waals surface area contributed by atoms with Gasteiger partial charge in [0.2, 0.25) is 5.91 Å². The lowest BCUT2D eigenvalue weighted by molar-refractivity contribution is -0.130. The predicted octanol–water partition coefficient (Wildman–Crippen LogP) is 0.553. The van der Waals surface area contributed by atoms with E-state index in [9.17, 15) is 14.0 Å². The highest BCUT2D eigenvalue weighted by Gasteiger charge is 2.34. The number of hydrogen-bond donors (Lipinski definition) is 4. The molecule has 0 bridgehead atoms. The minimum atomic E-state index is -0.942. The number of carbonyl (C=O) groups is 2. The van der Waals surface area contributed by atoms with Crippen molar-refractivity contribution in [3.63, 3.8) is 0 Å². The summed E-state index contributed by atoms with van der Waals surface area (Å²) in [6.45, 7) is 6.13. The Bertz CT molecular complexity index is 709. The van der Waals surface area contributed by atoms with E-state index < -0.39 is 48.3 Å². The number of aliphatic hydroxyl groups is 2. The maximum atomic E-state index is 13.3. The number of halogens is 1. The zero-order valence-electron chi connectivity index (χ0n) is 16.3. The molecule has 0 radical (unpaired) electrons. The zero-order valence-corrected chi connectivity index (χ0v) is 16.3. The number of aryl methyl sites for hydroxylation is 1. The number of nitrogens with zero attached hydrogens (tertiary/aromatic N) is 1. The second-order valence-electron chi connectivity index (χ2n) is 7.37. The van der Waals surface area contributed by atoms with Crippen LogP contribution in [0.3, 0.4) is 0 Å². The average Bonchev–Trinajstić information content (AvgIpc) is 2.58. The molecule has 0 aliphatic heterocycles. The fourth-order valence-electron chi connectivity index (χ4n) is 2.55. The van der Waals surface area contributed by atoms with Crippen LogP contribution in [0.15, 0.2) is 23.2 Å². The molecule has 27 heavy (non-hydrogen) atoms. The summed E-state index contributed by atoms with van der Waals surface area (Å²) in [7, 11) is 1.44. The molecule has 0 saturated heterocycles. The van der Waals surface area contributed by atoms with Crippen LogP contribution in [0.2, 0.25) is 0 Å². The van der Waals surface area contributed by atoms with E-state index in [0.717, 1.165) is 0 Å². The summed E-state index contributed by atoms with van der Waals surface area (Å²) < 4.78 is 13.3. The topological polar surface area (TPSA) is 111 Å². The van der Waals surface area contributed by atoms with E-state index in [1.165, 1.54) is 25.2 Å². The Balaban J connectivity index is 3.09. The lowest BCUT2D eigenvalue weighted by Gasteiger charge is -2.31. The predicted molar refractivity (Wildman–Crippen MR) is 101 cm³/mol. The Hall–Kier alpha value is -2.32. The van der Waals surface area contributed by atoms with Gasteiger partial charge in [-0.1, -0.05) is 20.8 Å². The van der Waals surface area contributed by atoms with Crippen LogP contribution < -0.4 is 10.6 Å². The zero-order chi connectivity index (χ0) is 20.8. The monoisotopic (exact) mass is 381 g/mol. The molecule has 8 heteroatoms. The summed E-state index contributed by atoms with van der Waals surface area (Å²) in [6, 6.07) is 2.24. The van der Waals surface area contributed by atoms with Crippen LogP contribution in [0.5, 0.6) is 0 Å². The first-order valence-corrected chi connectivity index (χ1v) is 8.61. The molecule has 150 valence electrons. The van der Waals surface area contributed by atoms with E-state index >= 15 is 0 Å². The van der Waals surface area contributed by atoms with Gasteiger partial charge in [0.1, 0.15) is 17.6 Å². The molecular formula is C19H28FN3O4. The fraction of sp³-hybridized carbons (Fsp3) is 0.526. The van der Waals surface area contributed by atoms with Crippen LogP contribution in [-0.2, 0) is 9.59 Å². The van der Waals surface area contributed by atoms with E-state index in [-0.39, 0.29) is 5.71 Å². The van der Waals surface area contributed by atoms with Crippen molar-refractivity contribution in [3.05, 3.63) is 35.1 Å². The third-order valence-electron chi connectivity index (χ3n) is 4.07. The van der Waals surface area contributed by atoms with Crippen molar-refractivity contribution in [3.8, 4) is 0 Å². The summed E-state index contributed by atoms with van der Waals surface area (Å²) in [5, 5.41) is 23.5. The van der Waals surface area contributed by atoms with Gasteiger partial charge in [0, 0.05) is 12.6 Å². The molecule has 0 aromatic heterocycles. The molecule has 0 aliphatic rings. The first kappa shape index (κ1) is 22.7. The Kier molecular flexibility index (Phi) is 8.05. The number of nitrogens with one attached hydrogen (secondary N) is 2. The number of aliphatic imine (C=N–C) groups is 1. The molecule has 0 fully saturated rings. The standard InChI is InChI=1S/C19H28FN3O4/c1-11-8-12(20)6-7-14(11)15(21-5)17(26)23-16(19(2,3)4)18(27)22-13(9-24)10-25/h6-8,13,16,24-25H,9-10H2,1-5H3,(H,22,27)(H,23,26). The number of amides is 2. The lowest BCUT2D eigenvalue weighted by atomic mass is 9.85.